The molecular formula is C10H19NO2. The highest BCUT2D eigenvalue weighted by Crippen LogP contribution is 2.18. The van der Waals surface area contributed by atoms with Crippen LogP contribution < -0.4 is 5.32 Å². The monoisotopic (exact) mass is 185 g/mol. The lowest BCUT2D eigenvalue weighted by Gasteiger charge is -2.15. The highest BCUT2D eigenvalue weighted by Gasteiger charge is 2.25. The fraction of sp³-hybridized carbons (Fsp3) is 0.900. The van der Waals surface area contributed by atoms with Crippen LogP contribution in [0.5, 0.6) is 0 Å². The van der Waals surface area contributed by atoms with E-state index in [1.807, 2.05) is 0 Å². The second-order valence-electron chi connectivity index (χ2n) is 3.78. The molecule has 0 saturated heterocycles. The number of hydrogen-bond donors (Lipinski definition) is 2. The number of aliphatic hydroxyl groups excluding tert-OH is 1. The summed E-state index contributed by atoms with van der Waals surface area (Å²) in [4.78, 5) is 11.3. The summed E-state index contributed by atoms with van der Waals surface area (Å²) >= 11 is 0. The van der Waals surface area contributed by atoms with Crippen LogP contribution in [-0.4, -0.2) is 23.2 Å². The summed E-state index contributed by atoms with van der Waals surface area (Å²) in [5.41, 5.74) is 0. The molecule has 0 aromatic rings. The van der Waals surface area contributed by atoms with Crippen molar-refractivity contribution in [3.05, 3.63) is 0 Å². The summed E-state index contributed by atoms with van der Waals surface area (Å²) in [6.45, 7) is 2.07. The average Bonchev–Trinajstić information content (AvgIpc) is 2.48. The van der Waals surface area contributed by atoms with E-state index in [1.165, 1.54) is 0 Å². The van der Waals surface area contributed by atoms with Crippen LogP contribution in [0, 0.1) is 0 Å². The minimum Gasteiger partial charge on any atom is -0.391 e. The molecule has 76 valence electrons. The van der Waals surface area contributed by atoms with Crippen molar-refractivity contribution in [2.45, 2.75) is 57.6 Å². The molecule has 2 atom stereocenters. The van der Waals surface area contributed by atoms with Gasteiger partial charge in [-0.25, -0.2) is 0 Å². The Kier molecular flexibility index (Phi) is 4.22. The van der Waals surface area contributed by atoms with Crippen molar-refractivity contribution in [3.63, 3.8) is 0 Å². The molecule has 0 aromatic heterocycles. The maximum Gasteiger partial charge on any atom is 0.220 e. The number of hydrogen-bond acceptors (Lipinski definition) is 2. The first kappa shape index (κ1) is 10.5. The highest BCUT2D eigenvalue weighted by molar-refractivity contribution is 5.76. The van der Waals surface area contributed by atoms with E-state index in [4.69, 9.17) is 0 Å². The normalized spacial score (nSPS) is 27.5. The van der Waals surface area contributed by atoms with E-state index < -0.39 is 0 Å². The Hall–Kier alpha value is -0.570. The number of amides is 1. The van der Waals surface area contributed by atoms with Crippen LogP contribution >= 0.6 is 0 Å². The molecule has 3 nitrogen and oxygen atoms in total. The Labute approximate surface area is 79.5 Å². The number of carbonyl (C=O) groups excluding carboxylic acids is 1. The quantitative estimate of drug-likeness (QED) is 0.691. The summed E-state index contributed by atoms with van der Waals surface area (Å²) in [6, 6.07) is 0.0179. The first-order valence-corrected chi connectivity index (χ1v) is 5.21. The third-order valence-corrected chi connectivity index (χ3v) is 2.58. The first-order valence-electron chi connectivity index (χ1n) is 5.21. The lowest BCUT2D eigenvalue weighted by Crippen LogP contribution is -2.39. The van der Waals surface area contributed by atoms with Crippen LogP contribution in [0.1, 0.15) is 45.4 Å². The van der Waals surface area contributed by atoms with Gasteiger partial charge < -0.3 is 10.4 Å². The van der Waals surface area contributed by atoms with Gasteiger partial charge in [-0.15, -0.1) is 0 Å². The summed E-state index contributed by atoms with van der Waals surface area (Å²) in [5, 5.41) is 12.3. The van der Waals surface area contributed by atoms with Gasteiger partial charge in [0.25, 0.3) is 0 Å². The van der Waals surface area contributed by atoms with Crippen molar-refractivity contribution in [1.82, 2.24) is 5.32 Å². The van der Waals surface area contributed by atoms with Gasteiger partial charge >= 0.3 is 0 Å². The summed E-state index contributed by atoms with van der Waals surface area (Å²) < 4.78 is 0. The van der Waals surface area contributed by atoms with E-state index in [2.05, 4.69) is 12.2 Å². The van der Waals surface area contributed by atoms with Crippen LogP contribution in [0.25, 0.3) is 0 Å². The third kappa shape index (κ3) is 3.35. The topological polar surface area (TPSA) is 49.3 Å². The van der Waals surface area contributed by atoms with Gasteiger partial charge in [0.1, 0.15) is 0 Å². The van der Waals surface area contributed by atoms with Gasteiger partial charge in [-0.05, 0) is 25.7 Å². The van der Waals surface area contributed by atoms with Crippen molar-refractivity contribution >= 4 is 5.91 Å². The largest absolute Gasteiger partial charge is 0.391 e. The molecule has 2 unspecified atom stereocenters. The van der Waals surface area contributed by atoms with Gasteiger partial charge in [-0.2, -0.15) is 0 Å². The second kappa shape index (κ2) is 5.22. The average molecular weight is 185 g/mol. The maximum absolute atomic E-state index is 11.3. The molecule has 0 aromatic carbocycles. The summed E-state index contributed by atoms with van der Waals surface area (Å²) in [6.07, 6.45) is 5.05. The molecule has 1 fully saturated rings. The maximum atomic E-state index is 11.3. The molecule has 0 heterocycles. The van der Waals surface area contributed by atoms with Gasteiger partial charge in [0.2, 0.25) is 5.91 Å². The Balaban J connectivity index is 2.19. The lowest BCUT2D eigenvalue weighted by molar-refractivity contribution is -0.122. The Morgan fingerprint density at radius 1 is 1.54 bits per heavy atom. The zero-order valence-electron chi connectivity index (χ0n) is 8.25. The Bertz CT molecular complexity index is 170. The van der Waals surface area contributed by atoms with Crippen LogP contribution in [-0.2, 0) is 4.79 Å². The molecule has 2 N–H and O–H groups in total. The second-order valence-corrected chi connectivity index (χ2v) is 3.78. The Morgan fingerprint density at radius 2 is 2.31 bits per heavy atom. The zero-order valence-corrected chi connectivity index (χ0v) is 8.25. The van der Waals surface area contributed by atoms with E-state index in [9.17, 15) is 9.90 Å². The van der Waals surface area contributed by atoms with Crippen LogP contribution in [0.2, 0.25) is 0 Å². The number of nitrogens with one attached hydrogen (secondary N) is 1. The molecule has 0 bridgehead atoms. The van der Waals surface area contributed by atoms with E-state index in [0.717, 1.165) is 32.1 Å². The van der Waals surface area contributed by atoms with Crippen LogP contribution in [0.15, 0.2) is 0 Å². The van der Waals surface area contributed by atoms with Crippen molar-refractivity contribution in [2.24, 2.45) is 0 Å². The van der Waals surface area contributed by atoms with Gasteiger partial charge in [0.15, 0.2) is 0 Å². The van der Waals surface area contributed by atoms with E-state index in [-0.39, 0.29) is 18.1 Å². The Morgan fingerprint density at radius 3 is 2.85 bits per heavy atom. The van der Waals surface area contributed by atoms with Gasteiger partial charge in [0, 0.05) is 6.42 Å². The molecule has 1 amide bonds. The van der Waals surface area contributed by atoms with E-state index >= 15 is 0 Å². The number of unbranched alkanes of at least 4 members (excludes halogenated alkanes) is 1. The predicted octanol–water partition coefficient (Wildman–Crippen LogP) is 1.21. The molecule has 1 saturated carbocycles. The van der Waals surface area contributed by atoms with Gasteiger partial charge in [-0.1, -0.05) is 13.3 Å². The molecule has 1 aliphatic rings. The fourth-order valence-corrected chi connectivity index (χ4v) is 1.73. The number of rotatable bonds is 4. The molecule has 1 aliphatic carbocycles. The van der Waals surface area contributed by atoms with Crippen LogP contribution in [0.3, 0.4) is 0 Å². The third-order valence-electron chi connectivity index (χ3n) is 2.58. The van der Waals surface area contributed by atoms with E-state index in [0.29, 0.717) is 6.42 Å². The van der Waals surface area contributed by atoms with Crippen molar-refractivity contribution in [2.75, 3.05) is 0 Å². The molecule has 3 heteroatoms. The molecule has 13 heavy (non-hydrogen) atoms. The summed E-state index contributed by atoms with van der Waals surface area (Å²) in [5.74, 6) is 0.0906. The van der Waals surface area contributed by atoms with Crippen molar-refractivity contribution in [1.29, 1.82) is 0 Å². The SMILES string of the molecule is CCCCC(=O)NC1CCCC1O. The molecule has 0 aliphatic heterocycles. The van der Waals surface area contributed by atoms with Gasteiger partial charge in [0.05, 0.1) is 12.1 Å². The minimum atomic E-state index is -0.314. The highest BCUT2D eigenvalue weighted by atomic mass is 16.3. The molecule has 1 rings (SSSR count). The van der Waals surface area contributed by atoms with E-state index in [1.54, 1.807) is 0 Å². The standard InChI is InChI=1S/C10H19NO2/c1-2-3-7-10(13)11-8-5-4-6-9(8)12/h8-9,12H,2-7H2,1H3,(H,11,13). The predicted molar refractivity (Wildman–Crippen MR) is 51.3 cm³/mol. The fourth-order valence-electron chi connectivity index (χ4n) is 1.73. The van der Waals surface area contributed by atoms with Crippen molar-refractivity contribution < 1.29 is 9.90 Å². The molecule has 0 radical (unpaired) electrons. The molecule has 0 spiro atoms. The smallest absolute Gasteiger partial charge is 0.220 e. The van der Waals surface area contributed by atoms with Crippen molar-refractivity contribution in [3.8, 4) is 0 Å². The minimum absolute atomic E-state index is 0.0179. The van der Waals surface area contributed by atoms with Crippen LogP contribution in [0.4, 0.5) is 0 Å². The molecular weight excluding hydrogens is 166 g/mol. The lowest BCUT2D eigenvalue weighted by atomic mass is 10.2. The van der Waals surface area contributed by atoms with Gasteiger partial charge in [-0.3, -0.25) is 4.79 Å². The summed E-state index contributed by atoms with van der Waals surface area (Å²) in [7, 11) is 0. The zero-order chi connectivity index (χ0) is 9.68. The first-order chi connectivity index (χ1) is 6.24. The number of carbonyl (C=O) groups is 1. The number of aliphatic hydroxyl groups is 1.